The Morgan fingerprint density at radius 2 is 1.92 bits per heavy atom. The second-order valence-corrected chi connectivity index (χ2v) is 3.58. The third-order valence-electron chi connectivity index (χ3n) is 2.51. The maximum atomic E-state index is 10.9. The molecule has 0 aromatic carbocycles. The molecule has 0 radical (unpaired) electrons. The first-order valence-electron chi connectivity index (χ1n) is 4.78. The monoisotopic (exact) mass is 171 g/mol. The molecule has 2 heteroatoms. The van der Waals surface area contributed by atoms with Crippen LogP contribution in [0.4, 0.5) is 0 Å². The van der Waals surface area contributed by atoms with Gasteiger partial charge in [-0.05, 0) is 32.7 Å². The molecule has 1 aliphatic rings. The molecule has 0 amide bonds. The number of hydrogen-bond acceptors (Lipinski definition) is 2. The topological polar surface area (TPSA) is 43.1 Å². The molecule has 0 aliphatic heterocycles. The lowest BCUT2D eigenvalue weighted by Gasteiger charge is -2.24. The van der Waals surface area contributed by atoms with Gasteiger partial charge in [-0.3, -0.25) is 4.79 Å². The van der Waals surface area contributed by atoms with E-state index in [1.807, 2.05) is 0 Å². The molecule has 0 saturated heterocycles. The van der Waals surface area contributed by atoms with E-state index in [1.54, 1.807) is 6.92 Å². The quantitative estimate of drug-likeness (QED) is 0.655. The lowest BCUT2D eigenvalue weighted by Crippen LogP contribution is -2.19. The van der Waals surface area contributed by atoms with Gasteiger partial charge in [0.25, 0.3) is 0 Å². The molecule has 0 heterocycles. The van der Waals surface area contributed by atoms with E-state index in [4.69, 9.17) is 0 Å². The van der Waals surface area contributed by atoms with Crippen LogP contribution in [-0.4, -0.2) is 12.8 Å². The number of carbonyl (C=O) groups excluding carboxylic acids is 1. The predicted octanol–water partition coefficient (Wildman–Crippen LogP) is 1.98. The Kier molecular flexibility index (Phi) is 5.99. The van der Waals surface area contributed by atoms with Gasteiger partial charge in [-0.1, -0.05) is 19.8 Å². The van der Waals surface area contributed by atoms with Crippen LogP contribution in [-0.2, 0) is 4.79 Å². The van der Waals surface area contributed by atoms with Crippen molar-refractivity contribution in [2.75, 3.05) is 7.05 Å². The first-order valence-corrected chi connectivity index (χ1v) is 4.78. The van der Waals surface area contributed by atoms with Crippen LogP contribution in [0.5, 0.6) is 0 Å². The molecule has 0 aromatic rings. The standard InChI is InChI=1S/C9H16O.CH5N/c1-7-4-3-5-9(6-7)8(2)10;1-2/h7,9H,3-6H2,1-2H3;2H2,1H3/t7-,9?;/m0./s1. The minimum Gasteiger partial charge on any atom is -0.333 e. The Morgan fingerprint density at radius 1 is 1.33 bits per heavy atom. The third kappa shape index (κ3) is 3.86. The number of Topliss-reactive ketones (excluding diaryl/α,β-unsaturated/α-hetero) is 1. The fourth-order valence-electron chi connectivity index (χ4n) is 1.80. The summed E-state index contributed by atoms with van der Waals surface area (Å²) in [5.41, 5.74) is 4.50. The Bertz CT molecular complexity index is 134. The summed E-state index contributed by atoms with van der Waals surface area (Å²) in [6.07, 6.45) is 4.85. The van der Waals surface area contributed by atoms with Crippen LogP contribution >= 0.6 is 0 Å². The highest BCUT2D eigenvalue weighted by Gasteiger charge is 2.21. The average Bonchev–Trinajstić information content (AvgIpc) is 2.08. The minimum atomic E-state index is 0.392. The fraction of sp³-hybridized carbons (Fsp3) is 0.900. The van der Waals surface area contributed by atoms with Crippen LogP contribution in [0.25, 0.3) is 0 Å². The molecule has 0 bridgehead atoms. The summed E-state index contributed by atoms with van der Waals surface area (Å²) in [4.78, 5) is 10.9. The zero-order valence-electron chi connectivity index (χ0n) is 8.47. The number of ketones is 1. The summed E-state index contributed by atoms with van der Waals surface area (Å²) < 4.78 is 0. The Labute approximate surface area is 75.5 Å². The molecule has 2 nitrogen and oxygen atoms in total. The van der Waals surface area contributed by atoms with E-state index in [0.717, 1.165) is 18.8 Å². The fourth-order valence-corrected chi connectivity index (χ4v) is 1.80. The van der Waals surface area contributed by atoms with Gasteiger partial charge in [0, 0.05) is 5.92 Å². The van der Waals surface area contributed by atoms with Gasteiger partial charge in [-0.25, -0.2) is 0 Å². The number of rotatable bonds is 1. The van der Waals surface area contributed by atoms with Crippen molar-refractivity contribution in [3.05, 3.63) is 0 Å². The van der Waals surface area contributed by atoms with Crippen molar-refractivity contribution in [3.8, 4) is 0 Å². The molecule has 1 fully saturated rings. The van der Waals surface area contributed by atoms with Crippen molar-refractivity contribution in [1.29, 1.82) is 0 Å². The highest BCUT2D eigenvalue weighted by atomic mass is 16.1. The highest BCUT2D eigenvalue weighted by molar-refractivity contribution is 5.78. The summed E-state index contributed by atoms with van der Waals surface area (Å²) in [5.74, 6) is 1.57. The van der Waals surface area contributed by atoms with Crippen molar-refractivity contribution in [1.82, 2.24) is 0 Å². The van der Waals surface area contributed by atoms with Crippen LogP contribution < -0.4 is 5.73 Å². The second-order valence-electron chi connectivity index (χ2n) is 3.58. The van der Waals surface area contributed by atoms with Gasteiger partial charge in [0.2, 0.25) is 0 Å². The van der Waals surface area contributed by atoms with E-state index in [0.29, 0.717) is 11.7 Å². The van der Waals surface area contributed by atoms with Gasteiger partial charge >= 0.3 is 0 Å². The van der Waals surface area contributed by atoms with Crippen molar-refractivity contribution >= 4 is 5.78 Å². The van der Waals surface area contributed by atoms with Crippen LogP contribution in [0.3, 0.4) is 0 Å². The number of nitrogens with two attached hydrogens (primary N) is 1. The van der Waals surface area contributed by atoms with Crippen LogP contribution in [0.1, 0.15) is 39.5 Å². The van der Waals surface area contributed by atoms with E-state index in [2.05, 4.69) is 12.7 Å². The summed E-state index contributed by atoms with van der Waals surface area (Å²) in [6, 6.07) is 0. The number of hydrogen-bond donors (Lipinski definition) is 1. The van der Waals surface area contributed by atoms with Crippen LogP contribution in [0.15, 0.2) is 0 Å². The maximum Gasteiger partial charge on any atom is 0.132 e. The third-order valence-corrected chi connectivity index (χ3v) is 2.51. The van der Waals surface area contributed by atoms with Gasteiger partial charge in [0.1, 0.15) is 5.78 Å². The van der Waals surface area contributed by atoms with E-state index >= 15 is 0 Å². The minimum absolute atomic E-state index is 0.392. The lowest BCUT2D eigenvalue weighted by atomic mass is 9.81. The van der Waals surface area contributed by atoms with Crippen LogP contribution in [0, 0.1) is 11.8 Å². The van der Waals surface area contributed by atoms with E-state index in [-0.39, 0.29) is 0 Å². The molecule has 1 rings (SSSR count). The summed E-state index contributed by atoms with van der Waals surface area (Å²) in [7, 11) is 1.50. The van der Waals surface area contributed by atoms with E-state index in [1.165, 1.54) is 19.9 Å². The van der Waals surface area contributed by atoms with Gasteiger partial charge < -0.3 is 5.73 Å². The highest BCUT2D eigenvalue weighted by Crippen LogP contribution is 2.28. The second kappa shape index (κ2) is 6.18. The van der Waals surface area contributed by atoms with Crippen molar-refractivity contribution < 1.29 is 4.79 Å². The summed E-state index contributed by atoms with van der Waals surface area (Å²) in [6.45, 7) is 3.97. The molecule has 2 N–H and O–H groups in total. The Balaban J connectivity index is 0.000000561. The zero-order valence-corrected chi connectivity index (χ0v) is 8.47. The molecule has 0 aromatic heterocycles. The smallest absolute Gasteiger partial charge is 0.132 e. The molecule has 0 spiro atoms. The molecule has 1 aliphatic carbocycles. The average molecular weight is 171 g/mol. The molecular weight excluding hydrogens is 150 g/mol. The van der Waals surface area contributed by atoms with Gasteiger partial charge in [0.05, 0.1) is 0 Å². The Morgan fingerprint density at radius 3 is 2.25 bits per heavy atom. The molecule has 2 atom stereocenters. The van der Waals surface area contributed by atoms with Crippen molar-refractivity contribution in [2.24, 2.45) is 17.6 Å². The largest absolute Gasteiger partial charge is 0.333 e. The van der Waals surface area contributed by atoms with Crippen molar-refractivity contribution in [2.45, 2.75) is 39.5 Å². The van der Waals surface area contributed by atoms with Gasteiger partial charge in [0.15, 0.2) is 0 Å². The lowest BCUT2D eigenvalue weighted by molar-refractivity contribution is -0.122. The van der Waals surface area contributed by atoms with E-state index < -0.39 is 0 Å². The molecule has 1 saturated carbocycles. The summed E-state index contributed by atoms with van der Waals surface area (Å²) >= 11 is 0. The number of carbonyl (C=O) groups is 1. The molecule has 1 unspecified atom stereocenters. The predicted molar refractivity (Wildman–Crippen MR) is 51.9 cm³/mol. The van der Waals surface area contributed by atoms with E-state index in [9.17, 15) is 4.79 Å². The van der Waals surface area contributed by atoms with Crippen LogP contribution in [0.2, 0.25) is 0 Å². The SMILES string of the molecule is CC(=O)C1CCC[C@H](C)C1.CN. The zero-order chi connectivity index (χ0) is 9.56. The molecule has 12 heavy (non-hydrogen) atoms. The normalized spacial score (nSPS) is 28.7. The molecule has 72 valence electrons. The summed E-state index contributed by atoms with van der Waals surface area (Å²) in [5, 5.41) is 0. The Hall–Kier alpha value is -0.370. The first-order chi connectivity index (χ1) is 5.70. The van der Waals surface area contributed by atoms with Gasteiger partial charge in [-0.2, -0.15) is 0 Å². The first kappa shape index (κ1) is 11.6. The maximum absolute atomic E-state index is 10.9. The van der Waals surface area contributed by atoms with Gasteiger partial charge in [-0.15, -0.1) is 0 Å². The molecular formula is C10H21NO. The van der Waals surface area contributed by atoms with Crippen molar-refractivity contribution in [3.63, 3.8) is 0 Å².